The summed E-state index contributed by atoms with van der Waals surface area (Å²) in [5.41, 5.74) is 3.35. The highest BCUT2D eigenvalue weighted by Crippen LogP contribution is 2.30. The number of carbonyl (C=O) groups excluding carboxylic acids is 2. The third-order valence-electron chi connectivity index (χ3n) is 4.64. The molecule has 0 spiro atoms. The maximum atomic E-state index is 13.0. The minimum Gasteiger partial charge on any atom is -0.376 e. The number of amides is 2. The Hall–Kier alpha value is -2.89. The van der Waals surface area contributed by atoms with Crippen molar-refractivity contribution in [1.82, 2.24) is 5.32 Å². The van der Waals surface area contributed by atoms with Crippen LogP contribution in [0.15, 0.2) is 42.5 Å². The Bertz CT molecular complexity index is 832. The van der Waals surface area contributed by atoms with Crippen molar-refractivity contribution in [2.24, 2.45) is 5.92 Å². The molecule has 3 rings (SSSR count). The molecule has 0 radical (unpaired) electrons. The molecule has 5 nitrogen and oxygen atoms in total. The third kappa shape index (κ3) is 5.29. The Morgan fingerprint density at radius 2 is 1.85 bits per heavy atom. The second-order valence-corrected chi connectivity index (χ2v) is 6.99. The fraction of sp³-hybridized carbons (Fsp3) is 0.333. The summed E-state index contributed by atoms with van der Waals surface area (Å²) in [5, 5.41) is 8.90. The largest absolute Gasteiger partial charge is 0.376 e. The Labute approximate surface area is 158 Å². The van der Waals surface area contributed by atoms with Crippen LogP contribution in [0.2, 0.25) is 0 Å². The van der Waals surface area contributed by atoms with Gasteiger partial charge in [-0.1, -0.05) is 18.2 Å². The number of anilines is 2. The van der Waals surface area contributed by atoms with Crippen molar-refractivity contribution in [2.75, 3.05) is 17.2 Å². The summed E-state index contributed by atoms with van der Waals surface area (Å²) in [6.07, 6.45) is 1.91. The van der Waals surface area contributed by atoms with Gasteiger partial charge in [0.15, 0.2) is 0 Å². The lowest BCUT2D eigenvalue weighted by molar-refractivity contribution is -0.120. The van der Waals surface area contributed by atoms with Gasteiger partial charge in [0.1, 0.15) is 5.82 Å². The third-order valence-corrected chi connectivity index (χ3v) is 4.64. The molecule has 1 aliphatic rings. The van der Waals surface area contributed by atoms with E-state index in [1.165, 1.54) is 12.1 Å². The molecular formula is C21H24FN3O2. The van der Waals surface area contributed by atoms with Gasteiger partial charge in [0.2, 0.25) is 11.8 Å². The molecule has 0 bridgehead atoms. The quantitative estimate of drug-likeness (QED) is 0.696. The van der Waals surface area contributed by atoms with Gasteiger partial charge in [-0.25, -0.2) is 4.39 Å². The van der Waals surface area contributed by atoms with Crippen molar-refractivity contribution in [3.05, 3.63) is 59.4 Å². The number of hydrogen-bond acceptors (Lipinski definition) is 3. The second-order valence-electron chi connectivity index (χ2n) is 6.99. The number of carbonyl (C=O) groups is 2. The van der Waals surface area contributed by atoms with E-state index in [2.05, 4.69) is 16.0 Å². The first kappa shape index (κ1) is 18.9. The standard InChI is InChI=1S/C21H24FN3O2/c1-13-3-10-18(25-21(27)16-4-5-16)11-19(13)23-12-20(26)24-14(2)15-6-8-17(22)9-7-15/h3,6-11,14,16,23H,4-5,12H2,1-2H3,(H,24,26)(H,25,27)/t14-/m1/s1. The number of benzene rings is 2. The van der Waals surface area contributed by atoms with E-state index in [9.17, 15) is 14.0 Å². The molecule has 0 saturated heterocycles. The van der Waals surface area contributed by atoms with Crippen LogP contribution in [0.25, 0.3) is 0 Å². The lowest BCUT2D eigenvalue weighted by atomic mass is 10.1. The average molecular weight is 369 g/mol. The molecule has 2 aromatic rings. The van der Waals surface area contributed by atoms with E-state index in [1.54, 1.807) is 12.1 Å². The molecule has 3 N–H and O–H groups in total. The lowest BCUT2D eigenvalue weighted by Crippen LogP contribution is -2.32. The fourth-order valence-electron chi connectivity index (χ4n) is 2.78. The molecule has 0 aliphatic heterocycles. The SMILES string of the molecule is Cc1ccc(NC(=O)C2CC2)cc1NCC(=O)N[C@H](C)c1ccc(F)cc1. The average Bonchev–Trinajstić information content (AvgIpc) is 3.48. The molecule has 2 amide bonds. The predicted molar refractivity (Wildman–Crippen MR) is 104 cm³/mol. The van der Waals surface area contributed by atoms with Crippen molar-refractivity contribution in [3.8, 4) is 0 Å². The summed E-state index contributed by atoms with van der Waals surface area (Å²) in [4.78, 5) is 24.1. The number of nitrogens with one attached hydrogen (secondary N) is 3. The van der Waals surface area contributed by atoms with Crippen molar-refractivity contribution in [2.45, 2.75) is 32.7 Å². The summed E-state index contributed by atoms with van der Waals surface area (Å²) < 4.78 is 13.0. The van der Waals surface area contributed by atoms with Gasteiger partial charge >= 0.3 is 0 Å². The topological polar surface area (TPSA) is 70.2 Å². The van der Waals surface area contributed by atoms with E-state index in [0.717, 1.165) is 35.3 Å². The minimum absolute atomic E-state index is 0.0515. The molecule has 6 heteroatoms. The Kier molecular flexibility index (Phi) is 5.74. The van der Waals surface area contributed by atoms with Gasteiger partial charge in [0, 0.05) is 17.3 Å². The Morgan fingerprint density at radius 1 is 1.15 bits per heavy atom. The van der Waals surface area contributed by atoms with E-state index in [1.807, 2.05) is 32.0 Å². The van der Waals surface area contributed by atoms with Crippen molar-refractivity contribution in [3.63, 3.8) is 0 Å². The molecule has 1 aliphatic carbocycles. The highest BCUT2D eigenvalue weighted by atomic mass is 19.1. The van der Waals surface area contributed by atoms with Crippen LogP contribution in [0.3, 0.4) is 0 Å². The zero-order chi connectivity index (χ0) is 19.4. The highest BCUT2D eigenvalue weighted by Gasteiger charge is 2.29. The molecule has 142 valence electrons. The van der Waals surface area contributed by atoms with Crippen LogP contribution in [0.5, 0.6) is 0 Å². The molecule has 1 atom stereocenters. The molecule has 2 aromatic carbocycles. The maximum Gasteiger partial charge on any atom is 0.239 e. The lowest BCUT2D eigenvalue weighted by Gasteiger charge is -2.16. The first-order chi connectivity index (χ1) is 12.9. The van der Waals surface area contributed by atoms with Crippen LogP contribution in [-0.4, -0.2) is 18.4 Å². The molecule has 1 fully saturated rings. The molecule has 27 heavy (non-hydrogen) atoms. The van der Waals surface area contributed by atoms with E-state index in [-0.39, 0.29) is 36.1 Å². The summed E-state index contributed by atoms with van der Waals surface area (Å²) in [6, 6.07) is 11.5. The highest BCUT2D eigenvalue weighted by molar-refractivity contribution is 5.94. The van der Waals surface area contributed by atoms with E-state index >= 15 is 0 Å². The Morgan fingerprint density at radius 3 is 2.52 bits per heavy atom. The van der Waals surface area contributed by atoms with Crippen LogP contribution in [0.4, 0.5) is 15.8 Å². The van der Waals surface area contributed by atoms with Gasteiger partial charge < -0.3 is 16.0 Å². The molecular weight excluding hydrogens is 345 g/mol. The molecule has 0 aromatic heterocycles. The van der Waals surface area contributed by atoms with Gasteiger partial charge in [-0.15, -0.1) is 0 Å². The molecule has 0 unspecified atom stereocenters. The van der Waals surface area contributed by atoms with E-state index in [0.29, 0.717) is 0 Å². The fourth-order valence-corrected chi connectivity index (χ4v) is 2.78. The first-order valence-electron chi connectivity index (χ1n) is 9.12. The summed E-state index contributed by atoms with van der Waals surface area (Å²) in [5.74, 6) is -0.279. The van der Waals surface area contributed by atoms with Crippen LogP contribution in [0, 0.1) is 18.7 Å². The normalized spacial score (nSPS) is 14.3. The van der Waals surface area contributed by atoms with Gasteiger partial charge in [-0.05, 0) is 62.1 Å². The van der Waals surface area contributed by atoms with Crippen molar-refractivity contribution >= 4 is 23.2 Å². The summed E-state index contributed by atoms with van der Waals surface area (Å²) in [6.45, 7) is 3.89. The summed E-state index contributed by atoms with van der Waals surface area (Å²) >= 11 is 0. The van der Waals surface area contributed by atoms with Crippen LogP contribution < -0.4 is 16.0 Å². The Balaban J connectivity index is 1.54. The molecule has 1 saturated carbocycles. The van der Waals surface area contributed by atoms with Gasteiger partial charge in [0.25, 0.3) is 0 Å². The van der Waals surface area contributed by atoms with E-state index < -0.39 is 0 Å². The van der Waals surface area contributed by atoms with Gasteiger partial charge in [-0.2, -0.15) is 0 Å². The number of hydrogen-bond donors (Lipinski definition) is 3. The van der Waals surface area contributed by atoms with Gasteiger partial charge in [-0.3, -0.25) is 9.59 Å². The number of halogens is 1. The number of aryl methyl sites for hydroxylation is 1. The van der Waals surface area contributed by atoms with Crippen molar-refractivity contribution < 1.29 is 14.0 Å². The monoisotopic (exact) mass is 369 g/mol. The zero-order valence-corrected chi connectivity index (χ0v) is 15.5. The van der Waals surface area contributed by atoms with Crippen LogP contribution in [0.1, 0.15) is 36.9 Å². The first-order valence-corrected chi connectivity index (χ1v) is 9.12. The van der Waals surface area contributed by atoms with Crippen LogP contribution >= 0.6 is 0 Å². The zero-order valence-electron chi connectivity index (χ0n) is 15.5. The van der Waals surface area contributed by atoms with E-state index in [4.69, 9.17) is 0 Å². The van der Waals surface area contributed by atoms with Crippen LogP contribution in [-0.2, 0) is 9.59 Å². The predicted octanol–water partition coefficient (Wildman–Crippen LogP) is 3.77. The summed E-state index contributed by atoms with van der Waals surface area (Å²) in [7, 11) is 0. The van der Waals surface area contributed by atoms with Gasteiger partial charge in [0.05, 0.1) is 12.6 Å². The number of rotatable bonds is 7. The van der Waals surface area contributed by atoms with Crippen molar-refractivity contribution in [1.29, 1.82) is 0 Å². The maximum absolute atomic E-state index is 13.0. The second kappa shape index (κ2) is 8.20. The smallest absolute Gasteiger partial charge is 0.239 e. The molecule has 0 heterocycles. The minimum atomic E-state index is -0.303.